The lowest BCUT2D eigenvalue weighted by atomic mass is 9.92. The van der Waals surface area contributed by atoms with Gasteiger partial charge >= 0.3 is 0 Å². The largest absolute Gasteiger partial charge is 0.391 e. The zero-order chi connectivity index (χ0) is 20.7. The Bertz CT molecular complexity index is 1280. The van der Waals surface area contributed by atoms with Gasteiger partial charge in [-0.05, 0) is 54.7 Å². The second-order valence-corrected chi connectivity index (χ2v) is 8.01. The number of benzene rings is 2. The Morgan fingerprint density at radius 1 is 1.03 bits per heavy atom. The van der Waals surface area contributed by atoms with E-state index in [1.807, 2.05) is 18.2 Å². The minimum Gasteiger partial charge on any atom is -0.391 e. The molecule has 5 rings (SSSR count). The van der Waals surface area contributed by atoms with Gasteiger partial charge in [-0.1, -0.05) is 31.0 Å². The average molecular weight is 403 g/mol. The highest BCUT2D eigenvalue weighted by atomic mass is 19.1. The fourth-order valence-corrected chi connectivity index (χ4v) is 4.53. The van der Waals surface area contributed by atoms with Gasteiger partial charge in [0.05, 0.1) is 29.4 Å². The van der Waals surface area contributed by atoms with E-state index in [4.69, 9.17) is 0 Å². The van der Waals surface area contributed by atoms with E-state index >= 15 is 0 Å². The van der Waals surface area contributed by atoms with Crippen molar-refractivity contribution in [2.75, 3.05) is 0 Å². The topological polar surface area (TPSA) is 68.0 Å². The first-order valence-electron chi connectivity index (χ1n) is 10.3. The second kappa shape index (κ2) is 7.61. The van der Waals surface area contributed by atoms with E-state index in [1.165, 1.54) is 12.1 Å². The number of hydrogen-bond acceptors (Lipinski definition) is 4. The molecule has 1 aliphatic carbocycles. The van der Waals surface area contributed by atoms with Crippen molar-refractivity contribution >= 4 is 21.8 Å². The maximum Gasteiger partial charge on any atom is 0.261 e. The number of fused-ring (bicyclic) bond motifs is 3. The van der Waals surface area contributed by atoms with Crippen LogP contribution in [0.4, 0.5) is 4.39 Å². The van der Waals surface area contributed by atoms with Crippen molar-refractivity contribution < 1.29 is 9.50 Å². The molecule has 1 aliphatic rings. The third-order valence-corrected chi connectivity index (χ3v) is 6.09. The van der Waals surface area contributed by atoms with Crippen molar-refractivity contribution in [3.05, 3.63) is 82.3 Å². The molecule has 0 aliphatic heterocycles. The highest BCUT2D eigenvalue weighted by molar-refractivity contribution is 6.04. The Labute approximate surface area is 172 Å². The summed E-state index contributed by atoms with van der Waals surface area (Å²) in [5, 5.41) is 11.9. The van der Waals surface area contributed by atoms with Crippen molar-refractivity contribution in [2.45, 2.75) is 44.2 Å². The van der Waals surface area contributed by atoms with Gasteiger partial charge in [0.2, 0.25) is 0 Å². The van der Waals surface area contributed by atoms with E-state index in [1.54, 1.807) is 29.2 Å². The zero-order valence-corrected chi connectivity index (χ0v) is 16.5. The van der Waals surface area contributed by atoms with Crippen LogP contribution >= 0.6 is 0 Å². The maximum absolute atomic E-state index is 13.4. The Hall–Kier alpha value is -3.12. The van der Waals surface area contributed by atoms with Crippen LogP contribution in [-0.2, 0) is 6.42 Å². The SMILES string of the molecule is O=c1c2cc(Cc3ccc(F)cc3)c3cccnc3c2ncn1[C@H]1CCCC[C@@H]1O. The van der Waals surface area contributed by atoms with Gasteiger partial charge in [-0.15, -0.1) is 0 Å². The van der Waals surface area contributed by atoms with E-state index in [0.717, 1.165) is 35.8 Å². The van der Waals surface area contributed by atoms with Crippen molar-refractivity contribution in [2.24, 2.45) is 0 Å². The molecule has 0 unspecified atom stereocenters. The number of aliphatic hydroxyl groups excluding tert-OH is 1. The molecule has 5 nitrogen and oxygen atoms in total. The molecule has 2 aromatic carbocycles. The summed E-state index contributed by atoms with van der Waals surface area (Å²) in [7, 11) is 0. The molecule has 1 fully saturated rings. The van der Waals surface area contributed by atoms with Crippen LogP contribution in [0.5, 0.6) is 0 Å². The van der Waals surface area contributed by atoms with Gasteiger partial charge in [-0.3, -0.25) is 14.3 Å². The first-order valence-corrected chi connectivity index (χ1v) is 10.3. The van der Waals surface area contributed by atoms with Crippen LogP contribution in [0.3, 0.4) is 0 Å². The van der Waals surface area contributed by atoms with Crippen molar-refractivity contribution in [1.29, 1.82) is 0 Å². The van der Waals surface area contributed by atoms with Gasteiger partial charge in [0.25, 0.3) is 5.56 Å². The normalized spacial score (nSPS) is 19.4. The highest BCUT2D eigenvalue weighted by Crippen LogP contribution is 2.30. The lowest BCUT2D eigenvalue weighted by Gasteiger charge is -2.29. The van der Waals surface area contributed by atoms with E-state index < -0.39 is 6.10 Å². The molecule has 1 saturated carbocycles. The van der Waals surface area contributed by atoms with Crippen LogP contribution in [-0.4, -0.2) is 25.7 Å². The number of nitrogens with zero attached hydrogens (tertiary/aromatic N) is 3. The lowest BCUT2D eigenvalue weighted by molar-refractivity contribution is 0.0735. The van der Waals surface area contributed by atoms with Gasteiger partial charge in [0.15, 0.2) is 0 Å². The summed E-state index contributed by atoms with van der Waals surface area (Å²) in [6.45, 7) is 0. The van der Waals surface area contributed by atoms with E-state index in [-0.39, 0.29) is 17.4 Å². The standard InChI is InChI=1S/C24H22FN3O2/c25-17-9-7-15(8-10-17)12-16-13-19-23(22-18(16)4-3-11-26-22)27-14-28(24(19)30)20-5-1-2-6-21(20)29/h3-4,7-11,13-14,20-21,29H,1-2,5-6,12H2/t20-,21-/m0/s1. The monoisotopic (exact) mass is 403 g/mol. The molecule has 1 N–H and O–H groups in total. The second-order valence-electron chi connectivity index (χ2n) is 8.01. The van der Waals surface area contributed by atoms with Crippen LogP contribution in [0.1, 0.15) is 42.9 Å². The molecule has 4 aromatic rings. The molecule has 6 heteroatoms. The van der Waals surface area contributed by atoms with Crippen molar-refractivity contribution in [1.82, 2.24) is 14.5 Å². The summed E-state index contributed by atoms with van der Waals surface area (Å²) in [5.74, 6) is -0.276. The molecule has 0 amide bonds. The van der Waals surface area contributed by atoms with E-state index in [2.05, 4.69) is 9.97 Å². The van der Waals surface area contributed by atoms with Crippen LogP contribution in [0.15, 0.2) is 59.8 Å². The summed E-state index contributed by atoms with van der Waals surface area (Å²) >= 11 is 0. The Balaban J connectivity index is 1.70. The molecule has 0 saturated heterocycles. The maximum atomic E-state index is 13.4. The number of halogens is 1. The number of aromatic nitrogens is 3. The fourth-order valence-electron chi connectivity index (χ4n) is 4.53. The predicted molar refractivity (Wildman–Crippen MR) is 114 cm³/mol. The van der Waals surface area contributed by atoms with Crippen LogP contribution in [0.25, 0.3) is 21.8 Å². The molecule has 2 heterocycles. The van der Waals surface area contributed by atoms with Gasteiger partial charge in [-0.2, -0.15) is 0 Å². The highest BCUT2D eigenvalue weighted by Gasteiger charge is 2.26. The zero-order valence-electron chi connectivity index (χ0n) is 16.5. The minimum absolute atomic E-state index is 0.154. The minimum atomic E-state index is -0.534. The Kier molecular flexibility index (Phi) is 4.79. The molecule has 152 valence electrons. The number of rotatable bonds is 3. The quantitative estimate of drug-likeness (QED) is 0.522. The first-order chi connectivity index (χ1) is 14.6. The molecule has 2 atom stereocenters. The van der Waals surface area contributed by atoms with Crippen LogP contribution in [0.2, 0.25) is 0 Å². The third kappa shape index (κ3) is 3.27. The Morgan fingerprint density at radius 2 is 1.80 bits per heavy atom. The molecular weight excluding hydrogens is 381 g/mol. The van der Waals surface area contributed by atoms with Crippen LogP contribution in [0, 0.1) is 5.82 Å². The smallest absolute Gasteiger partial charge is 0.261 e. The summed E-state index contributed by atoms with van der Waals surface area (Å²) in [6.07, 6.45) is 6.70. The summed E-state index contributed by atoms with van der Waals surface area (Å²) in [6, 6.07) is 11.8. The van der Waals surface area contributed by atoms with E-state index in [0.29, 0.717) is 29.3 Å². The summed E-state index contributed by atoms with van der Waals surface area (Å²) in [4.78, 5) is 22.5. The molecule has 2 aromatic heterocycles. The van der Waals surface area contributed by atoms with Gasteiger partial charge < -0.3 is 5.11 Å². The number of aliphatic hydroxyl groups is 1. The van der Waals surface area contributed by atoms with Crippen molar-refractivity contribution in [3.63, 3.8) is 0 Å². The molecule has 30 heavy (non-hydrogen) atoms. The van der Waals surface area contributed by atoms with Gasteiger partial charge in [0, 0.05) is 11.6 Å². The number of pyridine rings is 1. The molecule has 0 spiro atoms. The molecule has 0 radical (unpaired) electrons. The number of hydrogen-bond donors (Lipinski definition) is 1. The summed E-state index contributed by atoms with van der Waals surface area (Å²) < 4.78 is 14.9. The molecular formula is C24H22FN3O2. The predicted octanol–water partition coefficient (Wildman–Crippen LogP) is 4.15. The summed E-state index contributed by atoms with van der Waals surface area (Å²) in [5.41, 5.74) is 2.99. The van der Waals surface area contributed by atoms with Gasteiger partial charge in [0.1, 0.15) is 11.3 Å². The third-order valence-electron chi connectivity index (χ3n) is 6.09. The Morgan fingerprint density at radius 3 is 2.60 bits per heavy atom. The average Bonchev–Trinajstić information content (AvgIpc) is 2.77. The molecule has 0 bridgehead atoms. The fraction of sp³-hybridized carbons (Fsp3) is 0.292. The van der Waals surface area contributed by atoms with Crippen molar-refractivity contribution in [3.8, 4) is 0 Å². The van der Waals surface area contributed by atoms with Crippen LogP contribution < -0.4 is 5.56 Å². The first kappa shape index (κ1) is 18.9. The van der Waals surface area contributed by atoms with Gasteiger partial charge in [-0.25, -0.2) is 9.37 Å². The lowest BCUT2D eigenvalue weighted by Crippen LogP contribution is -2.34. The van der Waals surface area contributed by atoms with E-state index in [9.17, 15) is 14.3 Å².